The number of hydrazone groups is 1. The van der Waals surface area contributed by atoms with Gasteiger partial charge in [0, 0.05) is 11.1 Å². The number of aromatic nitrogens is 2. The molecule has 192 valence electrons. The first-order valence-corrected chi connectivity index (χ1v) is 12.0. The lowest BCUT2D eigenvalue weighted by Gasteiger charge is -2.12. The zero-order valence-corrected chi connectivity index (χ0v) is 21.1. The zero-order chi connectivity index (χ0) is 27.0. The Bertz CT molecular complexity index is 1700. The van der Waals surface area contributed by atoms with Gasteiger partial charge in [-0.05, 0) is 78.5 Å². The SMILES string of the molecule is Cc1cccc(C)c1NC(=S)N/N=C/c1ccc2c(ccc3c2ncn3-c2ccc(C(F)(F)F)cc2F)c1. The number of benzene rings is 4. The summed E-state index contributed by atoms with van der Waals surface area (Å²) in [5.41, 5.74) is 6.83. The molecule has 0 aliphatic carbocycles. The van der Waals surface area contributed by atoms with Crippen LogP contribution in [0.25, 0.3) is 27.5 Å². The largest absolute Gasteiger partial charge is 0.416 e. The lowest BCUT2D eigenvalue weighted by atomic mass is 10.1. The van der Waals surface area contributed by atoms with E-state index in [1.54, 1.807) is 12.3 Å². The van der Waals surface area contributed by atoms with Gasteiger partial charge in [-0.3, -0.25) is 9.99 Å². The number of nitrogens with zero attached hydrogens (tertiary/aromatic N) is 3. The summed E-state index contributed by atoms with van der Waals surface area (Å²) in [7, 11) is 0. The second kappa shape index (κ2) is 9.86. The third-order valence-corrected chi connectivity index (χ3v) is 6.38. The van der Waals surface area contributed by atoms with E-state index < -0.39 is 17.6 Å². The Morgan fingerprint density at radius 1 is 1.00 bits per heavy atom. The minimum atomic E-state index is -4.62. The number of hydrogen-bond donors (Lipinski definition) is 2. The first-order valence-electron chi connectivity index (χ1n) is 11.5. The van der Waals surface area contributed by atoms with Crippen LogP contribution in [0.3, 0.4) is 0 Å². The molecule has 0 radical (unpaired) electrons. The van der Waals surface area contributed by atoms with Crippen molar-refractivity contribution in [2.24, 2.45) is 5.10 Å². The van der Waals surface area contributed by atoms with Crippen molar-refractivity contribution in [2.45, 2.75) is 20.0 Å². The van der Waals surface area contributed by atoms with Crippen molar-refractivity contribution in [3.8, 4) is 5.69 Å². The van der Waals surface area contributed by atoms with Crippen molar-refractivity contribution in [2.75, 3.05) is 5.32 Å². The highest BCUT2D eigenvalue weighted by Crippen LogP contribution is 2.32. The summed E-state index contributed by atoms with van der Waals surface area (Å²) in [6, 6.07) is 17.7. The summed E-state index contributed by atoms with van der Waals surface area (Å²) in [6.45, 7) is 3.99. The number of nitrogens with one attached hydrogen (secondary N) is 2. The number of fused-ring (bicyclic) bond motifs is 3. The molecular formula is C28H21F4N5S. The van der Waals surface area contributed by atoms with Gasteiger partial charge in [0.2, 0.25) is 0 Å². The summed E-state index contributed by atoms with van der Waals surface area (Å²) in [4.78, 5) is 4.41. The van der Waals surface area contributed by atoms with Gasteiger partial charge in [-0.1, -0.05) is 36.4 Å². The van der Waals surface area contributed by atoms with Crippen LogP contribution in [0.5, 0.6) is 0 Å². The van der Waals surface area contributed by atoms with Crippen molar-refractivity contribution in [3.05, 3.63) is 101 Å². The van der Waals surface area contributed by atoms with E-state index >= 15 is 0 Å². The average Bonchev–Trinajstić information content (AvgIpc) is 3.30. The van der Waals surface area contributed by atoms with Crippen LogP contribution in [-0.2, 0) is 6.18 Å². The van der Waals surface area contributed by atoms with E-state index in [1.807, 2.05) is 56.3 Å². The second-order valence-corrected chi connectivity index (χ2v) is 9.19. The van der Waals surface area contributed by atoms with Crippen LogP contribution in [0.15, 0.2) is 78.2 Å². The fraction of sp³-hybridized carbons (Fsp3) is 0.107. The molecule has 0 atom stereocenters. The van der Waals surface area contributed by atoms with Gasteiger partial charge in [0.05, 0.1) is 28.5 Å². The molecule has 5 nitrogen and oxygen atoms in total. The fourth-order valence-electron chi connectivity index (χ4n) is 4.30. The Balaban J connectivity index is 1.37. The molecule has 0 amide bonds. The molecule has 0 unspecified atom stereocenters. The highest BCUT2D eigenvalue weighted by atomic mass is 32.1. The van der Waals surface area contributed by atoms with E-state index in [9.17, 15) is 17.6 Å². The van der Waals surface area contributed by atoms with Crippen LogP contribution in [0, 0.1) is 19.7 Å². The molecule has 1 heterocycles. The summed E-state index contributed by atoms with van der Waals surface area (Å²) in [6.07, 6.45) is -1.58. The molecule has 2 N–H and O–H groups in total. The molecule has 0 spiro atoms. The van der Waals surface area contributed by atoms with E-state index in [-0.39, 0.29) is 5.69 Å². The molecule has 0 aliphatic heterocycles. The lowest BCUT2D eigenvalue weighted by molar-refractivity contribution is -0.137. The standard InChI is InChI=1S/C28H21F4N5S/c1-16-4-3-5-17(2)25(16)35-27(38)36-34-14-18-6-9-21-19(12-18)7-10-24-26(21)33-15-37(24)23-11-8-20(13-22(23)29)28(30,31)32/h3-15H,1-2H3,(H2,35,36,38)/b34-14+. The number of hydrogen-bond acceptors (Lipinski definition) is 3. The van der Waals surface area contributed by atoms with E-state index in [0.29, 0.717) is 22.2 Å². The maximum atomic E-state index is 14.6. The van der Waals surface area contributed by atoms with Crippen molar-refractivity contribution in [3.63, 3.8) is 0 Å². The van der Waals surface area contributed by atoms with E-state index in [0.717, 1.165) is 45.3 Å². The van der Waals surface area contributed by atoms with Gasteiger partial charge in [0.25, 0.3) is 0 Å². The van der Waals surface area contributed by atoms with Crippen LogP contribution in [-0.4, -0.2) is 20.9 Å². The van der Waals surface area contributed by atoms with Gasteiger partial charge in [-0.15, -0.1) is 0 Å². The normalized spacial score (nSPS) is 11.9. The molecule has 5 aromatic rings. The summed E-state index contributed by atoms with van der Waals surface area (Å²) in [5.74, 6) is -0.983. The lowest BCUT2D eigenvalue weighted by Crippen LogP contribution is -2.24. The molecule has 0 bridgehead atoms. The first-order chi connectivity index (χ1) is 18.1. The van der Waals surface area contributed by atoms with Crippen molar-refractivity contribution < 1.29 is 17.6 Å². The number of imidazole rings is 1. The second-order valence-electron chi connectivity index (χ2n) is 8.78. The van der Waals surface area contributed by atoms with Gasteiger partial charge < -0.3 is 5.32 Å². The van der Waals surface area contributed by atoms with E-state index in [2.05, 4.69) is 20.8 Å². The molecule has 0 saturated carbocycles. The van der Waals surface area contributed by atoms with Crippen molar-refractivity contribution >= 4 is 51.0 Å². The number of thiocarbonyl (C=S) groups is 1. The maximum Gasteiger partial charge on any atom is 0.416 e. The predicted molar refractivity (Wildman–Crippen MR) is 146 cm³/mol. The van der Waals surface area contributed by atoms with Crippen molar-refractivity contribution in [1.82, 2.24) is 15.0 Å². The summed E-state index contributed by atoms with van der Waals surface area (Å²) < 4.78 is 54.8. The molecule has 5 rings (SSSR count). The van der Waals surface area contributed by atoms with Gasteiger partial charge >= 0.3 is 6.18 Å². The quantitative estimate of drug-likeness (QED) is 0.110. The minimum absolute atomic E-state index is 0.0138. The van der Waals surface area contributed by atoms with Crippen LogP contribution >= 0.6 is 12.2 Å². The van der Waals surface area contributed by atoms with E-state index in [4.69, 9.17) is 12.2 Å². The van der Waals surface area contributed by atoms with Gasteiger partial charge in [-0.25, -0.2) is 9.37 Å². The smallest absolute Gasteiger partial charge is 0.331 e. The maximum absolute atomic E-state index is 14.6. The molecule has 0 saturated heterocycles. The van der Waals surface area contributed by atoms with E-state index in [1.165, 1.54) is 10.9 Å². The molecule has 38 heavy (non-hydrogen) atoms. The fourth-order valence-corrected chi connectivity index (χ4v) is 4.45. The van der Waals surface area contributed by atoms with Gasteiger partial charge in [0.1, 0.15) is 12.1 Å². The average molecular weight is 536 g/mol. The number of halogens is 4. The highest BCUT2D eigenvalue weighted by Gasteiger charge is 2.31. The predicted octanol–water partition coefficient (Wildman–Crippen LogP) is 7.27. The third-order valence-electron chi connectivity index (χ3n) is 6.19. The zero-order valence-electron chi connectivity index (χ0n) is 20.3. The summed E-state index contributed by atoms with van der Waals surface area (Å²) in [5, 5.41) is 9.43. The first kappa shape index (κ1) is 25.3. The van der Waals surface area contributed by atoms with Crippen LogP contribution < -0.4 is 10.7 Å². The Morgan fingerprint density at radius 2 is 1.76 bits per heavy atom. The van der Waals surface area contributed by atoms with Crippen LogP contribution in [0.4, 0.5) is 23.2 Å². The molecule has 0 aliphatic rings. The monoisotopic (exact) mass is 535 g/mol. The third kappa shape index (κ3) is 4.95. The number of aryl methyl sites for hydroxylation is 2. The van der Waals surface area contributed by atoms with Crippen molar-refractivity contribution in [1.29, 1.82) is 0 Å². The summed E-state index contributed by atoms with van der Waals surface area (Å²) >= 11 is 5.35. The number of rotatable bonds is 4. The van der Waals surface area contributed by atoms with Gasteiger partial charge in [-0.2, -0.15) is 18.3 Å². The van der Waals surface area contributed by atoms with Crippen LogP contribution in [0.1, 0.15) is 22.3 Å². The molecule has 0 fully saturated rings. The molecular weight excluding hydrogens is 514 g/mol. The minimum Gasteiger partial charge on any atom is -0.331 e. The number of para-hydroxylation sites is 1. The Kier molecular flexibility index (Phi) is 6.58. The number of anilines is 1. The van der Waals surface area contributed by atoms with Gasteiger partial charge in [0.15, 0.2) is 5.11 Å². The topological polar surface area (TPSA) is 54.2 Å². The Morgan fingerprint density at radius 3 is 2.47 bits per heavy atom. The molecule has 1 aromatic heterocycles. The molecule has 4 aromatic carbocycles. The number of alkyl halides is 3. The van der Waals surface area contributed by atoms with Crippen LogP contribution in [0.2, 0.25) is 0 Å². The Hall–Kier alpha value is -4.31. The molecule has 10 heteroatoms. The highest BCUT2D eigenvalue weighted by molar-refractivity contribution is 7.80. The Labute approximate surface area is 220 Å².